The highest BCUT2D eigenvalue weighted by Gasteiger charge is 2.19. The summed E-state index contributed by atoms with van der Waals surface area (Å²) in [5.74, 6) is 0.0125. The number of carbonyl (C=O) groups excluding carboxylic acids is 1. The van der Waals surface area contributed by atoms with Gasteiger partial charge in [0.25, 0.3) is 5.91 Å². The molecule has 0 bridgehead atoms. The third-order valence-electron chi connectivity index (χ3n) is 2.84. The standard InChI is InChI=1S/C13H20ClN3O2/c1-13(2,4-5-19-3)8-17-12(18)9-6-10(14)11(15)16-7-9/h6-7H,4-5,8H2,1-3H3,(H2,15,16)(H,17,18). The lowest BCUT2D eigenvalue weighted by Crippen LogP contribution is -2.34. The van der Waals surface area contributed by atoms with E-state index in [-0.39, 0.29) is 22.2 Å². The van der Waals surface area contributed by atoms with Gasteiger partial charge in [0.05, 0.1) is 10.6 Å². The summed E-state index contributed by atoms with van der Waals surface area (Å²) >= 11 is 5.83. The van der Waals surface area contributed by atoms with Crippen LogP contribution in [-0.2, 0) is 4.74 Å². The van der Waals surface area contributed by atoms with Crippen molar-refractivity contribution < 1.29 is 9.53 Å². The predicted octanol–water partition coefficient (Wildman–Crippen LogP) is 2.11. The minimum atomic E-state index is -0.208. The number of hydrogen-bond acceptors (Lipinski definition) is 4. The Bertz CT molecular complexity index is 450. The molecule has 1 rings (SSSR count). The van der Waals surface area contributed by atoms with E-state index in [0.29, 0.717) is 18.7 Å². The van der Waals surface area contributed by atoms with Gasteiger partial charge in [-0.25, -0.2) is 4.98 Å². The molecular formula is C13H20ClN3O2. The Labute approximate surface area is 118 Å². The minimum Gasteiger partial charge on any atom is -0.385 e. The fourth-order valence-electron chi connectivity index (χ4n) is 1.46. The molecule has 0 aliphatic carbocycles. The van der Waals surface area contributed by atoms with Crippen molar-refractivity contribution in [3.63, 3.8) is 0 Å². The lowest BCUT2D eigenvalue weighted by molar-refractivity contribution is 0.0920. The van der Waals surface area contributed by atoms with E-state index in [0.717, 1.165) is 6.42 Å². The first kappa shape index (κ1) is 15.7. The van der Waals surface area contributed by atoms with Gasteiger partial charge in [-0.05, 0) is 17.9 Å². The number of amides is 1. The van der Waals surface area contributed by atoms with Gasteiger partial charge in [-0.15, -0.1) is 0 Å². The van der Waals surface area contributed by atoms with E-state index >= 15 is 0 Å². The Hall–Kier alpha value is -1.33. The zero-order chi connectivity index (χ0) is 14.5. The summed E-state index contributed by atoms with van der Waals surface area (Å²) < 4.78 is 5.04. The van der Waals surface area contributed by atoms with Crippen LogP contribution in [0.5, 0.6) is 0 Å². The van der Waals surface area contributed by atoms with Crippen LogP contribution < -0.4 is 11.1 Å². The van der Waals surface area contributed by atoms with Crippen LogP contribution in [-0.4, -0.2) is 31.2 Å². The Morgan fingerprint density at radius 1 is 1.58 bits per heavy atom. The Morgan fingerprint density at radius 3 is 2.84 bits per heavy atom. The van der Waals surface area contributed by atoms with Crippen LogP contribution in [0.4, 0.5) is 5.82 Å². The lowest BCUT2D eigenvalue weighted by Gasteiger charge is -2.24. The predicted molar refractivity (Wildman–Crippen MR) is 76.3 cm³/mol. The summed E-state index contributed by atoms with van der Waals surface area (Å²) in [6.45, 7) is 5.36. The molecule has 1 heterocycles. The number of rotatable bonds is 6. The van der Waals surface area contributed by atoms with Crippen molar-refractivity contribution in [1.82, 2.24) is 10.3 Å². The number of methoxy groups -OCH3 is 1. The van der Waals surface area contributed by atoms with Gasteiger partial charge in [-0.2, -0.15) is 0 Å². The normalized spacial score (nSPS) is 11.4. The second-order valence-electron chi connectivity index (χ2n) is 5.18. The van der Waals surface area contributed by atoms with Crippen LogP contribution in [0.1, 0.15) is 30.6 Å². The van der Waals surface area contributed by atoms with Crippen LogP contribution in [0.2, 0.25) is 5.02 Å². The van der Waals surface area contributed by atoms with Crippen LogP contribution >= 0.6 is 11.6 Å². The second kappa shape index (κ2) is 6.73. The summed E-state index contributed by atoms with van der Waals surface area (Å²) in [7, 11) is 1.66. The first-order valence-corrected chi connectivity index (χ1v) is 6.42. The fourth-order valence-corrected chi connectivity index (χ4v) is 1.63. The van der Waals surface area contributed by atoms with Crippen LogP contribution in [0, 0.1) is 5.41 Å². The lowest BCUT2D eigenvalue weighted by atomic mass is 9.89. The second-order valence-corrected chi connectivity index (χ2v) is 5.59. The van der Waals surface area contributed by atoms with E-state index < -0.39 is 0 Å². The van der Waals surface area contributed by atoms with Crippen molar-refractivity contribution in [3.8, 4) is 0 Å². The Kier molecular flexibility index (Phi) is 5.57. The van der Waals surface area contributed by atoms with Gasteiger partial charge in [0.1, 0.15) is 5.82 Å². The molecule has 19 heavy (non-hydrogen) atoms. The first-order valence-electron chi connectivity index (χ1n) is 6.04. The zero-order valence-electron chi connectivity index (χ0n) is 11.5. The van der Waals surface area contributed by atoms with Gasteiger partial charge in [-0.3, -0.25) is 4.79 Å². The minimum absolute atomic E-state index is 0.0311. The molecule has 1 amide bonds. The molecule has 0 radical (unpaired) electrons. The molecule has 0 aliphatic rings. The average molecular weight is 286 g/mol. The number of pyridine rings is 1. The molecule has 6 heteroatoms. The molecular weight excluding hydrogens is 266 g/mol. The SMILES string of the molecule is COCCC(C)(C)CNC(=O)c1cnc(N)c(Cl)c1. The summed E-state index contributed by atoms with van der Waals surface area (Å²) in [5.41, 5.74) is 5.87. The highest BCUT2D eigenvalue weighted by molar-refractivity contribution is 6.33. The largest absolute Gasteiger partial charge is 0.385 e. The summed E-state index contributed by atoms with van der Waals surface area (Å²) in [6, 6.07) is 1.52. The molecule has 0 fully saturated rings. The van der Waals surface area contributed by atoms with E-state index in [1.807, 2.05) is 0 Å². The first-order chi connectivity index (χ1) is 8.85. The van der Waals surface area contributed by atoms with Gasteiger partial charge in [0.2, 0.25) is 0 Å². The number of nitrogen functional groups attached to an aromatic ring is 1. The number of nitrogens with zero attached hydrogens (tertiary/aromatic N) is 1. The van der Waals surface area contributed by atoms with E-state index in [2.05, 4.69) is 24.1 Å². The van der Waals surface area contributed by atoms with Crippen molar-refractivity contribution >= 4 is 23.3 Å². The summed E-state index contributed by atoms with van der Waals surface area (Å²) in [4.78, 5) is 15.8. The molecule has 0 saturated carbocycles. The van der Waals surface area contributed by atoms with Crippen molar-refractivity contribution in [2.45, 2.75) is 20.3 Å². The highest BCUT2D eigenvalue weighted by atomic mass is 35.5. The maximum atomic E-state index is 11.9. The van der Waals surface area contributed by atoms with E-state index in [4.69, 9.17) is 22.1 Å². The number of ether oxygens (including phenoxy) is 1. The number of halogens is 1. The van der Waals surface area contributed by atoms with E-state index in [1.165, 1.54) is 12.3 Å². The molecule has 0 aliphatic heterocycles. The number of anilines is 1. The highest BCUT2D eigenvalue weighted by Crippen LogP contribution is 2.20. The maximum absolute atomic E-state index is 11.9. The van der Waals surface area contributed by atoms with Crippen molar-refractivity contribution in [2.24, 2.45) is 5.41 Å². The third kappa shape index (κ3) is 5.04. The zero-order valence-corrected chi connectivity index (χ0v) is 12.3. The van der Waals surface area contributed by atoms with E-state index in [9.17, 15) is 4.79 Å². The van der Waals surface area contributed by atoms with E-state index in [1.54, 1.807) is 7.11 Å². The molecule has 1 aromatic rings. The fraction of sp³-hybridized carbons (Fsp3) is 0.538. The summed E-state index contributed by atoms with van der Waals surface area (Å²) in [6.07, 6.45) is 2.28. The molecule has 106 valence electrons. The number of nitrogens with one attached hydrogen (secondary N) is 1. The smallest absolute Gasteiger partial charge is 0.252 e. The topological polar surface area (TPSA) is 77.2 Å². The number of aromatic nitrogens is 1. The number of hydrogen-bond donors (Lipinski definition) is 2. The summed E-state index contributed by atoms with van der Waals surface area (Å²) in [5, 5.41) is 3.14. The van der Waals surface area contributed by atoms with Crippen molar-refractivity contribution in [3.05, 3.63) is 22.8 Å². The van der Waals surface area contributed by atoms with Gasteiger partial charge in [-0.1, -0.05) is 25.4 Å². The average Bonchev–Trinajstić information content (AvgIpc) is 2.37. The van der Waals surface area contributed by atoms with Gasteiger partial charge in [0.15, 0.2) is 0 Å². The van der Waals surface area contributed by atoms with Crippen LogP contribution in [0.15, 0.2) is 12.3 Å². The maximum Gasteiger partial charge on any atom is 0.252 e. The quantitative estimate of drug-likeness (QED) is 0.839. The molecule has 0 unspecified atom stereocenters. The molecule has 0 spiro atoms. The Morgan fingerprint density at radius 2 is 2.26 bits per heavy atom. The van der Waals surface area contributed by atoms with Gasteiger partial charge < -0.3 is 15.8 Å². The monoisotopic (exact) mass is 285 g/mol. The van der Waals surface area contributed by atoms with Gasteiger partial charge in [0, 0.05) is 26.5 Å². The molecule has 0 saturated heterocycles. The molecule has 5 nitrogen and oxygen atoms in total. The van der Waals surface area contributed by atoms with Crippen molar-refractivity contribution in [1.29, 1.82) is 0 Å². The van der Waals surface area contributed by atoms with Gasteiger partial charge >= 0.3 is 0 Å². The van der Waals surface area contributed by atoms with Crippen molar-refractivity contribution in [2.75, 3.05) is 26.0 Å². The molecule has 1 aromatic heterocycles. The number of carbonyl (C=O) groups is 1. The number of nitrogens with two attached hydrogens (primary N) is 1. The Balaban J connectivity index is 2.57. The van der Waals surface area contributed by atoms with Crippen LogP contribution in [0.25, 0.3) is 0 Å². The molecule has 0 aromatic carbocycles. The third-order valence-corrected chi connectivity index (χ3v) is 3.15. The molecule has 3 N–H and O–H groups in total. The van der Waals surface area contributed by atoms with Crippen LogP contribution in [0.3, 0.4) is 0 Å². The molecule has 0 atom stereocenters.